The van der Waals surface area contributed by atoms with Crippen LogP contribution in [0.1, 0.15) is 46.0 Å². The third-order valence-electron chi connectivity index (χ3n) is 3.41. The maximum absolute atomic E-state index is 2.28. The molecular formula is C14H20S5. The zero-order valence-electron chi connectivity index (χ0n) is 11.5. The van der Waals surface area contributed by atoms with E-state index in [0.717, 1.165) is 0 Å². The van der Waals surface area contributed by atoms with Crippen molar-refractivity contribution < 1.29 is 0 Å². The van der Waals surface area contributed by atoms with Crippen LogP contribution < -0.4 is 0 Å². The second kappa shape index (κ2) is 6.91. The van der Waals surface area contributed by atoms with Crippen molar-refractivity contribution in [2.24, 2.45) is 0 Å². The molecule has 0 spiro atoms. The summed E-state index contributed by atoms with van der Waals surface area (Å²) in [5, 5.41) is 0. The van der Waals surface area contributed by atoms with Crippen LogP contribution in [-0.4, -0.2) is 16.4 Å². The molecule has 0 unspecified atom stereocenters. The average molecular weight is 349 g/mol. The molecule has 0 bridgehead atoms. The van der Waals surface area contributed by atoms with Gasteiger partial charge in [0.25, 0.3) is 0 Å². The first-order valence-corrected chi connectivity index (χ1v) is 12.9. The van der Waals surface area contributed by atoms with Gasteiger partial charge in [0.2, 0.25) is 0 Å². The quantitative estimate of drug-likeness (QED) is 0.412. The normalized spacial score (nSPS) is 24.0. The van der Waals surface area contributed by atoms with Gasteiger partial charge >= 0.3 is 0 Å². The molecule has 1 saturated carbocycles. The summed E-state index contributed by atoms with van der Waals surface area (Å²) in [7, 11) is 4.74. The first-order chi connectivity index (χ1) is 9.35. The van der Waals surface area contributed by atoms with E-state index in [0.29, 0.717) is 8.55 Å². The third-order valence-corrected chi connectivity index (χ3v) is 12.9. The maximum Gasteiger partial charge on any atom is 0.0557 e. The van der Waals surface area contributed by atoms with E-state index in [-0.39, 0.29) is 0 Å². The molecule has 2 aliphatic heterocycles. The van der Waals surface area contributed by atoms with Gasteiger partial charge in [0.15, 0.2) is 0 Å². The van der Waals surface area contributed by atoms with Gasteiger partial charge in [-0.3, -0.25) is 0 Å². The average Bonchev–Trinajstić information content (AvgIpc) is 2.82. The summed E-state index contributed by atoms with van der Waals surface area (Å²) in [6.45, 7) is 4.57. The topological polar surface area (TPSA) is 0 Å². The Morgan fingerprint density at radius 1 is 0.895 bits per heavy atom. The van der Waals surface area contributed by atoms with Crippen molar-refractivity contribution in [1.82, 2.24) is 0 Å². The van der Waals surface area contributed by atoms with E-state index in [4.69, 9.17) is 0 Å². The molecule has 3 rings (SSSR count). The highest BCUT2D eigenvalue weighted by Crippen LogP contribution is 2.68. The molecule has 0 aromatic heterocycles. The Morgan fingerprint density at radius 2 is 1.42 bits per heavy atom. The summed E-state index contributed by atoms with van der Waals surface area (Å²) in [5.74, 6) is 2.44. The van der Waals surface area contributed by atoms with Gasteiger partial charge in [-0.05, 0) is 69.9 Å². The lowest BCUT2D eigenvalue weighted by Gasteiger charge is -2.17. The summed E-state index contributed by atoms with van der Waals surface area (Å²) >= 11 is 4.16. The van der Waals surface area contributed by atoms with Gasteiger partial charge in [0.1, 0.15) is 0 Å². The maximum atomic E-state index is 2.28. The highest BCUT2D eigenvalue weighted by Gasteiger charge is 2.35. The molecule has 5 heteroatoms. The van der Waals surface area contributed by atoms with E-state index in [1.54, 1.807) is 24.5 Å². The Balaban J connectivity index is 1.96. The molecule has 19 heavy (non-hydrogen) atoms. The van der Waals surface area contributed by atoms with Crippen LogP contribution in [0, 0.1) is 0 Å². The lowest BCUT2D eigenvalue weighted by atomic mass is 9.94. The number of allylic oxidation sites excluding steroid dienone is 2. The van der Waals surface area contributed by atoms with Crippen molar-refractivity contribution >= 4 is 58.5 Å². The standard InChI is InChI=1S/C14H20S5/c1-3-15-13-10-8-6-5-7-9-11-12(10)19(17-13)18-14(11)16-4-2/h3-9H2,1-2H3. The van der Waals surface area contributed by atoms with E-state index in [1.165, 1.54) is 43.6 Å². The molecule has 0 atom stereocenters. The lowest BCUT2D eigenvalue weighted by molar-refractivity contribution is 0.677. The molecule has 0 amide bonds. The summed E-state index contributed by atoms with van der Waals surface area (Å²) in [6.07, 6.45) is 6.89. The van der Waals surface area contributed by atoms with Crippen LogP contribution in [0.2, 0.25) is 0 Å². The Bertz CT molecular complexity index is 432. The summed E-state index contributed by atoms with van der Waals surface area (Å²) in [5.41, 5.74) is 3.49. The largest absolute Gasteiger partial charge is 0.118 e. The highest BCUT2D eigenvalue weighted by atomic mass is 33.5. The molecule has 3 aliphatic rings. The van der Waals surface area contributed by atoms with E-state index in [9.17, 15) is 0 Å². The molecular weight excluding hydrogens is 328 g/mol. The van der Waals surface area contributed by atoms with Gasteiger partial charge in [-0.25, -0.2) is 0 Å². The minimum atomic E-state index is 0.402. The summed E-state index contributed by atoms with van der Waals surface area (Å²) < 4.78 is 3.32. The molecule has 106 valence electrons. The van der Waals surface area contributed by atoms with Crippen molar-refractivity contribution in [1.29, 1.82) is 0 Å². The van der Waals surface area contributed by atoms with Crippen LogP contribution in [0.15, 0.2) is 19.6 Å². The minimum absolute atomic E-state index is 0.402. The van der Waals surface area contributed by atoms with Gasteiger partial charge in [-0.1, -0.05) is 28.8 Å². The predicted molar refractivity (Wildman–Crippen MR) is 101 cm³/mol. The van der Waals surface area contributed by atoms with Crippen LogP contribution in [0.25, 0.3) is 0 Å². The Kier molecular flexibility index (Phi) is 5.46. The highest BCUT2D eigenvalue weighted by molar-refractivity contribution is 9.18. The Labute approximate surface area is 135 Å². The molecule has 2 heterocycles. The first-order valence-electron chi connectivity index (χ1n) is 7.05. The van der Waals surface area contributed by atoms with Gasteiger partial charge in [0, 0.05) is 4.86 Å². The second-order valence-corrected chi connectivity index (χ2v) is 13.4. The summed E-state index contributed by atoms with van der Waals surface area (Å²) in [6, 6.07) is 0. The van der Waals surface area contributed by atoms with Crippen molar-refractivity contribution in [3.63, 3.8) is 0 Å². The van der Waals surface area contributed by atoms with E-state index >= 15 is 0 Å². The number of rotatable bonds is 4. The molecule has 0 aromatic rings. The fourth-order valence-corrected chi connectivity index (χ4v) is 14.8. The molecule has 0 radical (unpaired) electrons. The second-order valence-electron chi connectivity index (χ2n) is 4.69. The molecule has 0 nitrogen and oxygen atoms in total. The van der Waals surface area contributed by atoms with Crippen LogP contribution in [-0.2, 0) is 0 Å². The lowest BCUT2D eigenvalue weighted by Crippen LogP contribution is -2.07. The Morgan fingerprint density at radius 3 is 1.89 bits per heavy atom. The van der Waals surface area contributed by atoms with E-state index in [1.807, 2.05) is 0 Å². The number of hydrogen-bond donors (Lipinski definition) is 0. The third kappa shape index (κ3) is 3.01. The monoisotopic (exact) mass is 348 g/mol. The molecule has 1 fully saturated rings. The fraction of sp³-hybridized carbons (Fsp3) is 0.643. The summed E-state index contributed by atoms with van der Waals surface area (Å²) in [4.78, 5) is 1.78. The first kappa shape index (κ1) is 15.0. The van der Waals surface area contributed by atoms with Crippen molar-refractivity contribution in [3.8, 4) is 0 Å². The number of thioether (sulfide) groups is 2. The van der Waals surface area contributed by atoms with Gasteiger partial charge < -0.3 is 0 Å². The van der Waals surface area contributed by atoms with Gasteiger partial charge in [-0.2, -0.15) is 0 Å². The Hall–Kier alpha value is 1.10. The van der Waals surface area contributed by atoms with E-state index < -0.39 is 0 Å². The van der Waals surface area contributed by atoms with E-state index in [2.05, 4.69) is 59.0 Å². The van der Waals surface area contributed by atoms with Gasteiger partial charge in [-0.15, -0.1) is 23.5 Å². The molecule has 1 aliphatic carbocycles. The van der Waals surface area contributed by atoms with Crippen LogP contribution in [0.4, 0.5) is 0 Å². The predicted octanol–water partition coefficient (Wildman–Crippen LogP) is 6.64. The van der Waals surface area contributed by atoms with Crippen LogP contribution in [0.5, 0.6) is 0 Å². The zero-order valence-corrected chi connectivity index (χ0v) is 15.6. The van der Waals surface area contributed by atoms with Crippen molar-refractivity contribution in [2.75, 3.05) is 11.5 Å². The van der Waals surface area contributed by atoms with Gasteiger partial charge in [0.05, 0.1) is 8.47 Å². The van der Waals surface area contributed by atoms with Crippen molar-refractivity contribution in [3.05, 3.63) is 19.6 Å². The minimum Gasteiger partial charge on any atom is -0.118 e. The number of hydrogen-bond acceptors (Lipinski definition) is 4. The molecule has 0 aromatic carbocycles. The smallest absolute Gasteiger partial charge is 0.0557 e. The van der Waals surface area contributed by atoms with Crippen LogP contribution >= 0.6 is 53.7 Å². The van der Waals surface area contributed by atoms with Crippen molar-refractivity contribution in [2.45, 2.75) is 46.0 Å². The zero-order chi connectivity index (χ0) is 13.2. The SMILES string of the molecule is CCSC1=C2CCCCCC3=C(SCC)SS(=C23)S1. The van der Waals surface area contributed by atoms with Crippen LogP contribution in [0.3, 0.4) is 0 Å². The molecule has 0 saturated heterocycles. The fourth-order valence-electron chi connectivity index (χ4n) is 2.60. The molecule has 0 N–H and O–H groups in total.